The summed E-state index contributed by atoms with van der Waals surface area (Å²) in [5.41, 5.74) is 4.46. The molecule has 1 saturated heterocycles. The number of hydrogen-bond acceptors (Lipinski definition) is 1. The van der Waals surface area contributed by atoms with Crippen molar-refractivity contribution in [3.05, 3.63) is 71.5 Å². The van der Waals surface area contributed by atoms with Gasteiger partial charge < -0.3 is 4.90 Å². The second kappa shape index (κ2) is 6.39. The van der Waals surface area contributed by atoms with Gasteiger partial charge in [-0.3, -0.25) is 0 Å². The molecule has 1 nitrogen and oxygen atoms in total. The van der Waals surface area contributed by atoms with Crippen LogP contribution in [0.5, 0.6) is 0 Å². The van der Waals surface area contributed by atoms with Crippen LogP contribution in [0.2, 0.25) is 0 Å². The maximum atomic E-state index is 2.68. The van der Waals surface area contributed by atoms with E-state index in [1.54, 1.807) is 5.70 Å². The maximum Gasteiger partial charge on any atom is 0.0215 e. The first-order valence-electron chi connectivity index (χ1n) is 9.17. The van der Waals surface area contributed by atoms with Crippen LogP contribution in [-0.4, -0.2) is 18.0 Å². The standard InChI is InChI=1S/C22H27N/c1-17-8-10-18(11-9-17)14-16-23-15-4-7-21-20-6-3-2-5-19(20)12-13-22(21)23/h2-3,5-6,8-11,13,19-21H,4,7,12,14-16H2,1H3/t19-,20+,21+/m1/s1. The third-order valence-electron chi connectivity index (χ3n) is 5.84. The van der Waals surface area contributed by atoms with Crippen LogP contribution in [0.3, 0.4) is 0 Å². The van der Waals surface area contributed by atoms with Crippen LogP contribution in [-0.2, 0) is 6.42 Å². The van der Waals surface area contributed by atoms with E-state index >= 15 is 0 Å². The predicted molar refractivity (Wildman–Crippen MR) is 97.1 cm³/mol. The number of fused-ring (bicyclic) bond motifs is 3. The summed E-state index contributed by atoms with van der Waals surface area (Å²) in [4.78, 5) is 2.68. The second-order valence-corrected chi connectivity index (χ2v) is 7.35. The number of piperidine rings is 1. The molecule has 1 aromatic carbocycles. The average molecular weight is 305 g/mol. The molecule has 3 aliphatic rings. The van der Waals surface area contributed by atoms with Gasteiger partial charge in [-0.05, 0) is 50.0 Å². The van der Waals surface area contributed by atoms with Gasteiger partial charge >= 0.3 is 0 Å². The van der Waals surface area contributed by atoms with Gasteiger partial charge in [0.2, 0.25) is 0 Å². The van der Waals surface area contributed by atoms with Gasteiger partial charge in [0.25, 0.3) is 0 Å². The number of rotatable bonds is 3. The second-order valence-electron chi connectivity index (χ2n) is 7.35. The van der Waals surface area contributed by atoms with Crippen molar-refractivity contribution in [2.45, 2.75) is 32.6 Å². The van der Waals surface area contributed by atoms with Crippen LogP contribution in [0.1, 0.15) is 30.4 Å². The lowest BCUT2D eigenvalue weighted by atomic mass is 9.69. The van der Waals surface area contributed by atoms with Crippen molar-refractivity contribution < 1.29 is 0 Å². The summed E-state index contributed by atoms with van der Waals surface area (Å²) in [6, 6.07) is 9.05. The first kappa shape index (κ1) is 14.8. The van der Waals surface area contributed by atoms with Crippen molar-refractivity contribution in [2.24, 2.45) is 17.8 Å². The fourth-order valence-corrected chi connectivity index (χ4v) is 4.54. The lowest BCUT2D eigenvalue weighted by Gasteiger charge is -2.45. The predicted octanol–water partition coefficient (Wildman–Crippen LogP) is 4.90. The Hall–Kier alpha value is -1.76. The van der Waals surface area contributed by atoms with E-state index in [2.05, 4.69) is 66.5 Å². The van der Waals surface area contributed by atoms with Gasteiger partial charge in [-0.1, -0.05) is 60.2 Å². The van der Waals surface area contributed by atoms with Crippen molar-refractivity contribution >= 4 is 0 Å². The average Bonchev–Trinajstić information content (AvgIpc) is 2.61. The molecule has 0 N–H and O–H groups in total. The quantitative estimate of drug-likeness (QED) is 0.768. The third-order valence-corrected chi connectivity index (χ3v) is 5.84. The Morgan fingerprint density at radius 1 is 1.09 bits per heavy atom. The minimum atomic E-state index is 0.738. The normalized spacial score (nSPS) is 29.0. The highest BCUT2D eigenvalue weighted by atomic mass is 15.1. The maximum absolute atomic E-state index is 2.68. The summed E-state index contributed by atoms with van der Waals surface area (Å²) < 4.78 is 0. The van der Waals surface area contributed by atoms with Crippen LogP contribution in [0.25, 0.3) is 0 Å². The minimum Gasteiger partial charge on any atom is -0.375 e. The summed E-state index contributed by atoms with van der Waals surface area (Å²) in [6.07, 6.45) is 17.0. The monoisotopic (exact) mass is 305 g/mol. The summed E-state index contributed by atoms with van der Waals surface area (Å²) >= 11 is 0. The molecule has 120 valence electrons. The molecule has 0 bridgehead atoms. The van der Waals surface area contributed by atoms with E-state index in [0.29, 0.717) is 0 Å². The zero-order valence-electron chi connectivity index (χ0n) is 14.1. The Labute approximate surface area is 140 Å². The molecule has 4 rings (SSSR count). The SMILES string of the molecule is Cc1ccc(CCN2CCC[C@@H]3C2=CC[C@H]2C=CC=C[C@@H]23)cc1. The van der Waals surface area contributed by atoms with Gasteiger partial charge in [-0.25, -0.2) is 0 Å². The Morgan fingerprint density at radius 3 is 2.78 bits per heavy atom. The molecule has 1 fully saturated rings. The molecule has 1 aliphatic heterocycles. The van der Waals surface area contributed by atoms with E-state index in [-0.39, 0.29) is 0 Å². The molecule has 3 atom stereocenters. The molecule has 0 aromatic heterocycles. The summed E-state index contributed by atoms with van der Waals surface area (Å²) in [5.74, 6) is 2.23. The Kier molecular flexibility index (Phi) is 4.11. The van der Waals surface area contributed by atoms with Crippen molar-refractivity contribution in [1.29, 1.82) is 0 Å². The van der Waals surface area contributed by atoms with Crippen molar-refractivity contribution in [1.82, 2.24) is 4.90 Å². The highest BCUT2D eigenvalue weighted by Crippen LogP contribution is 2.44. The lowest BCUT2D eigenvalue weighted by molar-refractivity contribution is 0.180. The van der Waals surface area contributed by atoms with Crippen LogP contribution >= 0.6 is 0 Å². The van der Waals surface area contributed by atoms with Gasteiger partial charge in [0.15, 0.2) is 0 Å². The number of aryl methyl sites for hydroxylation is 1. The Bertz CT molecular complexity index is 634. The van der Waals surface area contributed by atoms with Crippen LogP contribution in [0.15, 0.2) is 60.3 Å². The molecule has 1 heterocycles. The minimum absolute atomic E-state index is 0.738. The van der Waals surface area contributed by atoms with E-state index in [0.717, 1.165) is 24.2 Å². The number of allylic oxidation sites excluding steroid dienone is 6. The highest BCUT2D eigenvalue weighted by molar-refractivity contribution is 5.26. The summed E-state index contributed by atoms with van der Waals surface area (Å²) in [5, 5.41) is 0. The van der Waals surface area contributed by atoms with E-state index in [1.165, 1.54) is 43.5 Å². The molecule has 0 saturated carbocycles. The van der Waals surface area contributed by atoms with E-state index < -0.39 is 0 Å². The Morgan fingerprint density at radius 2 is 1.91 bits per heavy atom. The molecule has 1 heteroatoms. The van der Waals surface area contributed by atoms with Gasteiger partial charge in [-0.15, -0.1) is 0 Å². The van der Waals surface area contributed by atoms with Crippen LogP contribution in [0, 0.1) is 24.7 Å². The molecule has 2 aliphatic carbocycles. The molecule has 0 unspecified atom stereocenters. The lowest BCUT2D eigenvalue weighted by Crippen LogP contribution is -2.41. The zero-order valence-corrected chi connectivity index (χ0v) is 14.1. The zero-order chi connectivity index (χ0) is 15.6. The molecule has 1 aromatic rings. The number of likely N-dealkylation sites (tertiary alicyclic amines) is 1. The fourth-order valence-electron chi connectivity index (χ4n) is 4.54. The van der Waals surface area contributed by atoms with Crippen molar-refractivity contribution in [3.63, 3.8) is 0 Å². The molecular weight excluding hydrogens is 278 g/mol. The number of nitrogens with zero attached hydrogens (tertiary/aromatic N) is 1. The fraction of sp³-hybridized carbons (Fsp3) is 0.455. The largest absolute Gasteiger partial charge is 0.375 e. The topological polar surface area (TPSA) is 3.24 Å². The molecule has 23 heavy (non-hydrogen) atoms. The van der Waals surface area contributed by atoms with Crippen LogP contribution < -0.4 is 0 Å². The Balaban J connectivity index is 1.47. The van der Waals surface area contributed by atoms with Gasteiger partial charge in [0.1, 0.15) is 0 Å². The summed E-state index contributed by atoms with van der Waals surface area (Å²) in [6.45, 7) is 4.57. The van der Waals surface area contributed by atoms with E-state index in [1.807, 2.05) is 0 Å². The molecular formula is C22H27N. The highest BCUT2D eigenvalue weighted by Gasteiger charge is 2.36. The first-order valence-corrected chi connectivity index (χ1v) is 9.17. The van der Waals surface area contributed by atoms with Gasteiger partial charge in [-0.2, -0.15) is 0 Å². The van der Waals surface area contributed by atoms with E-state index in [4.69, 9.17) is 0 Å². The van der Waals surface area contributed by atoms with Gasteiger partial charge in [0.05, 0.1) is 0 Å². The van der Waals surface area contributed by atoms with Crippen molar-refractivity contribution in [2.75, 3.05) is 13.1 Å². The smallest absolute Gasteiger partial charge is 0.0215 e. The van der Waals surface area contributed by atoms with E-state index in [9.17, 15) is 0 Å². The molecule has 0 spiro atoms. The van der Waals surface area contributed by atoms with Crippen LogP contribution in [0.4, 0.5) is 0 Å². The number of benzene rings is 1. The third kappa shape index (κ3) is 3.02. The number of hydrogen-bond donors (Lipinski definition) is 0. The summed E-state index contributed by atoms with van der Waals surface area (Å²) in [7, 11) is 0. The molecule has 0 amide bonds. The first-order chi connectivity index (χ1) is 11.3. The van der Waals surface area contributed by atoms with Crippen molar-refractivity contribution in [3.8, 4) is 0 Å². The molecule has 0 radical (unpaired) electrons. The van der Waals surface area contributed by atoms with Gasteiger partial charge in [0, 0.05) is 24.7 Å².